The fraction of sp³-hybridized carbons (Fsp3) is 0. The van der Waals surface area contributed by atoms with E-state index in [1.807, 2.05) is 0 Å². The van der Waals surface area contributed by atoms with Crippen molar-refractivity contribution in [2.24, 2.45) is 0 Å². The average molecular weight is 242 g/mol. The first-order chi connectivity index (χ1) is 6.18. The molecule has 0 saturated heterocycles. The van der Waals surface area contributed by atoms with Crippen molar-refractivity contribution in [3.63, 3.8) is 0 Å². The maximum atomic E-state index is 10.6. The fourth-order valence-electron chi connectivity index (χ4n) is 1.01. The minimum absolute atomic E-state index is 0.0868. The number of halogens is 1. The molecular formula is C7H4BrN3O2. The van der Waals surface area contributed by atoms with Gasteiger partial charge in [-0.15, -0.1) is 10.2 Å². The van der Waals surface area contributed by atoms with E-state index in [-0.39, 0.29) is 5.82 Å². The third-order valence-corrected chi connectivity index (χ3v) is 2.03. The van der Waals surface area contributed by atoms with Crippen LogP contribution in [0.4, 0.5) is 0 Å². The third-order valence-electron chi connectivity index (χ3n) is 1.56. The lowest BCUT2D eigenvalue weighted by Crippen LogP contribution is -2.03. The largest absolute Gasteiger partial charge is 0.475 e. The van der Waals surface area contributed by atoms with Crippen LogP contribution in [0.15, 0.2) is 22.8 Å². The monoisotopic (exact) mass is 241 g/mol. The fourth-order valence-corrected chi connectivity index (χ4v) is 1.35. The van der Waals surface area contributed by atoms with Gasteiger partial charge in [-0.2, -0.15) is 0 Å². The van der Waals surface area contributed by atoms with Crippen LogP contribution in [0, 0.1) is 0 Å². The number of hydrogen-bond donors (Lipinski definition) is 1. The predicted molar refractivity (Wildman–Crippen MR) is 47.6 cm³/mol. The van der Waals surface area contributed by atoms with Gasteiger partial charge in [0, 0.05) is 10.7 Å². The van der Waals surface area contributed by atoms with Crippen molar-refractivity contribution in [3.8, 4) is 0 Å². The third kappa shape index (κ3) is 1.29. The molecule has 2 aromatic rings. The van der Waals surface area contributed by atoms with E-state index in [0.29, 0.717) is 5.65 Å². The zero-order valence-corrected chi connectivity index (χ0v) is 7.89. The first-order valence-electron chi connectivity index (χ1n) is 3.42. The summed E-state index contributed by atoms with van der Waals surface area (Å²) in [6, 6.07) is 3.46. The first-order valence-corrected chi connectivity index (χ1v) is 4.21. The molecule has 0 aliphatic heterocycles. The molecule has 0 spiro atoms. The summed E-state index contributed by atoms with van der Waals surface area (Å²) in [5.41, 5.74) is 0.514. The van der Waals surface area contributed by atoms with Gasteiger partial charge in [0.25, 0.3) is 0 Å². The second kappa shape index (κ2) is 2.81. The van der Waals surface area contributed by atoms with Gasteiger partial charge in [-0.3, -0.25) is 4.40 Å². The topological polar surface area (TPSA) is 67.5 Å². The Kier molecular flexibility index (Phi) is 1.77. The van der Waals surface area contributed by atoms with Gasteiger partial charge in [0.2, 0.25) is 5.82 Å². The summed E-state index contributed by atoms with van der Waals surface area (Å²) in [5.74, 6) is -1.18. The lowest BCUT2D eigenvalue weighted by molar-refractivity contribution is 0.0682. The van der Waals surface area contributed by atoms with Crippen molar-refractivity contribution in [2.45, 2.75) is 0 Å². The van der Waals surface area contributed by atoms with Crippen LogP contribution in [0.25, 0.3) is 5.65 Å². The molecule has 0 saturated carbocycles. The van der Waals surface area contributed by atoms with Gasteiger partial charge in [0.05, 0.1) is 0 Å². The molecule has 13 heavy (non-hydrogen) atoms. The molecule has 0 aliphatic rings. The highest BCUT2D eigenvalue weighted by Gasteiger charge is 2.11. The molecule has 0 aromatic carbocycles. The van der Waals surface area contributed by atoms with Gasteiger partial charge in [-0.05, 0) is 28.1 Å². The summed E-state index contributed by atoms with van der Waals surface area (Å²) in [6.07, 6.45) is 1.61. The first kappa shape index (κ1) is 8.18. The number of hydrogen-bond acceptors (Lipinski definition) is 3. The van der Waals surface area contributed by atoms with Crippen LogP contribution in [0.3, 0.4) is 0 Å². The highest BCUT2D eigenvalue weighted by molar-refractivity contribution is 9.10. The predicted octanol–water partition coefficient (Wildman–Crippen LogP) is 1.19. The molecule has 2 heterocycles. The number of fused-ring (bicyclic) bond motifs is 1. The Morgan fingerprint density at radius 3 is 2.92 bits per heavy atom. The number of aromatic carboxylic acids is 1. The Labute approximate surface area is 81.1 Å². The Morgan fingerprint density at radius 2 is 2.23 bits per heavy atom. The zero-order chi connectivity index (χ0) is 9.42. The van der Waals surface area contributed by atoms with Gasteiger partial charge in [-0.25, -0.2) is 4.79 Å². The smallest absolute Gasteiger partial charge is 0.374 e. The number of carboxylic acid groups (broad SMARTS) is 1. The van der Waals surface area contributed by atoms with Crippen molar-refractivity contribution in [3.05, 3.63) is 28.6 Å². The van der Waals surface area contributed by atoms with E-state index in [9.17, 15) is 4.79 Å². The quantitative estimate of drug-likeness (QED) is 0.815. The van der Waals surface area contributed by atoms with E-state index in [1.165, 1.54) is 4.40 Å². The molecule has 0 unspecified atom stereocenters. The number of aromatic nitrogens is 3. The summed E-state index contributed by atoms with van der Waals surface area (Å²) in [4.78, 5) is 10.6. The highest BCUT2D eigenvalue weighted by atomic mass is 79.9. The van der Waals surface area contributed by atoms with E-state index >= 15 is 0 Å². The molecule has 6 heteroatoms. The van der Waals surface area contributed by atoms with Gasteiger partial charge < -0.3 is 5.11 Å². The van der Waals surface area contributed by atoms with Crippen molar-refractivity contribution in [1.82, 2.24) is 14.6 Å². The molecule has 0 atom stereocenters. The van der Waals surface area contributed by atoms with Crippen LogP contribution in [0.1, 0.15) is 10.6 Å². The molecule has 0 aliphatic carbocycles. The molecule has 0 amide bonds. The van der Waals surface area contributed by atoms with Gasteiger partial charge >= 0.3 is 5.97 Å². The van der Waals surface area contributed by atoms with Crippen molar-refractivity contribution < 1.29 is 9.90 Å². The molecular weight excluding hydrogens is 238 g/mol. The summed E-state index contributed by atoms with van der Waals surface area (Å²) >= 11 is 3.23. The van der Waals surface area contributed by atoms with E-state index in [2.05, 4.69) is 26.1 Å². The van der Waals surface area contributed by atoms with Crippen LogP contribution in [-0.4, -0.2) is 25.7 Å². The Hall–Kier alpha value is -1.43. The maximum Gasteiger partial charge on any atom is 0.374 e. The molecule has 2 rings (SSSR count). The Morgan fingerprint density at radius 1 is 1.46 bits per heavy atom. The minimum atomic E-state index is -1.09. The van der Waals surface area contributed by atoms with Crippen molar-refractivity contribution in [1.29, 1.82) is 0 Å². The number of carboxylic acids is 1. The normalized spacial score (nSPS) is 10.5. The Bertz CT molecular complexity index is 480. The van der Waals surface area contributed by atoms with Crippen LogP contribution < -0.4 is 0 Å². The van der Waals surface area contributed by atoms with Crippen LogP contribution in [-0.2, 0) is 0 Å². The number of carbonyl (C=O) groups is 1. The summed E-state index contributed by atoms with van der Waals surface area (Å²) in [7, 11) is 0. The maximum absolute atomic E-state index is 10.6. The van der Waals surface area contributed by atoms with E-state index in [4.69, 9.17) is 5.11 Å². The van der Waals surface area contributed by atoms with E-state index in [0.717, 1.165) is 4.47 Å². The highest BCUT2D eigenvalue weighted by Crippen LogP contribution is 2.11. The van der Waals surface area contributed by atoms with Crippen molar-refractivity contribution >= 4 is 27.5 Å². The van der Waals surface area contributed by atoms with E-state index < -0.39 is 5.97 Å². The summed E-state index contributed by atoms with van der Waals surface area (Å²) < 4.78 is 2.19. The van der Waals surface area contributed by atoms with Gasteiger partial charge in [0.1, 0.15) is 0 Å². The second-order valence-corrected chi connectivity index (χ2v) is 3.32. The second-order valence-electron chi connectivity index (χ2n) is 2.40. The van der Waals surface area contributed by atoms with Crippen LogP contribution in [0.2, 0.25) is 0 Å². The number of rotatable bonds is 1. The minimum Gasteiger partial charge on any atom is -0.475 e. The average Bonchev–Trinajstić information content (AvgIpc) is 2.46. The number of nitrogens with zero attached hydrogens (tertiary/aromatic N) is 3. The standard InChI is InChI=1S/C7H4BrN3O2/c8-4-1-2-5-9-10-6(7(12)13)11(5)3-4/h1-3H,(H,12,13). The molecule has 66 valence electrons. The van der Waals surface area contributed by atoms with Crippen LogP contribution in [0.5, 0.6) is 0 Å². The van der Waals surface area contributed by atoms with Crippen LogP contribution >= 0.6 is 15.9 Å². The lowest BCUT2D eigenvalue weighted by Gasteiger charge is -1.94. The summed E-state index contributed by atoms with van der Waals surface area (Å²) in [5, 5.41) is 15.9. The Balaban J connectivity index is 2.79. The molecule has 0 radical (unpaired) electrons. The SMILES string of the molecule is O=C(O)c1nnc2ccc(Br)cn12. The molecule has 0 bridgehead atoms. The number of pyridine rings is 1. The molecule has 5 nitrogen and oxygen atoms in total. The van der Waals surface area contributed by atoms with Gasteiger partial charge in [0.15, 0.2) is 5.65 Å². The summed E-state index contributed by atoms with van der Waals surface area (Å²) in [6.45, 7) is 0. The van der Waals surface area contributed by atoms with E-state index in [1.54, 1.807) is 18.3 Å². The lowest BCUT2D eigenvalue weighted by atomic mass is 10.4. The molecule has 2 aromatic heterocycles. The molecule has 0 fully saturated rings. The van der Waals surface area contributed by atoms with Gasteiger partial charge in [-0.1, -0.05) is 0 Å². The zero-order valence-electron chi connectivity index (χ0n) is 6.31. The van der Waals surface area contributed by atoms with Crippen molar-refractivity contribution in [2.75, 3.05) is 0 Å². The molecule has 1 N–H and O–H groups in total.